The molecule has 2 aliphatic heterocycles. The van der Waals surface area contributed by atoms with Crippen molar-refractivity contribution in [2.24, 2.45) is 0 Å². The maximum absolute atomic E-state index is 13.1. The summed E-state index contributed by atoms with van der Waals surface area (Å²) in [5.41, 5.74) is 2.13. The van der Waals surface area contributed by atoms with Crippen molar-refractivity contribution in [1.82, 2.24) is 9.80 Å². The number of fused-ring (bicyclic) bond motifs is 1. The maximum Gasteiger partial charge on any atom is 0.307 e. The predicted octanol–water partition coefficient (Wildman–Crippen LogP) is 2.96. The van der Waals surface area contributed by atoms with Gasteiger partial charge in [-0.25, -0.2) is 0 Å². The van der Waals surface area contributed by atoms with Gasteiger partial charge in [-0.05, 0) is 42.5 Å². The lowest BCUT2D eigenvalue weighted by atomic mass is 9.90. The number of hydrogen-bond acceptors (Lipinski definition) is 6. The summed E-state index contributed by atoms with van der Waals surface area (Å²) in [4.78, 5) is 29.4. The molecule has 1 aromatic carbocycles. The lowest BCUT2D eigenvalue weighted by Gasteiger charge is -2.38. The number of likely N-dealkylation sites (tertiary alicyclic amines) is 1. The maximum atomic E-state index is 13.1. The molecule has 0 radical (unpaired) electrons. The molecular formula is C23H34N2O5. The SMILES string of the molecule is COC(=O)C[C@@H]1c2cc(OC)c(OC)cc2CCN1CC(=O)N1CCCCCCC1. The van der Waals surface area contributed by atoms with E-state index in [2.05, 4.69) is 4.90 Å². The lowest BCUT2D eigenvalue weighted by Crippen LogP contribution is -2.45. The van der Waals surface area contributed by atoms with Crippen LogP contribution in [0.15, 0.2) is 12.1 Å². The summed E-state index contributed by atoms with van der Waals surface area (Å²) >= 11 is 0. The van der Waals surface area contributed by atoms with Gasteiger partial charge in [-0.15, -0.1) is 0 Å². The molecule has 1 atom stereocenters. The average molecular weight is 419 g/mol. The highest BCUT2D eigenvalue weighted by molar-refractivity contribution is 5.78. The Morgan fingerprint density at radius 1 is 0.933 bits per heavy atom. The zero-order valence-electron chi connectivity index (χ0n) is 18.4. The Hall–Kier alpha value is -2.28. The van der Waals surface area contributed by atoms with Crippen LogP contribution in [0.25, 0.3) is 0 Å². The summed E-state index contributed by atoms with van der Waals surface area (Å²) < 4.78 is 15.9. The number of methoxy groups -OCH3 is 3. The Bertz CT molecular complexity index is 743. The van der Waals surface area contributed by atoms with Gasteiger partial charge in [0.2, 0.25) is 5.91 Å². The summed E-state index contributed by atoms with van der Waals surface area (Å²) in [7, 11) is 4.62. The molecular weight excluding hydrogens is 384 g/mol. The normalized spacial score (nSPS) is 20.0. The highest BCUT2D eigenvalue weighted by atomic mass is 16.5. The Morgan fingerprint density at radius 2 is 1.57 bits per heavy atom. The van der Waals surface area contributed by atoms with E-state index < -0.39 is 0 Å². The summed E-state index contributed by atoms with van der Waals surface area (Å²) in [6.07, 6.45) is 6.76. The number of carbonyl (C=O) groups is 2. The van der Waals surface area contributed by atoms with E-state index in [1.165, 1.54) is 26.4 Å². The average Bonchev–Trinajstić information content (AvgIpc) is 2.73. The molecule has 7 heteroatoms. The van der Waals surface area contributed by atoms with Gasteiger partial charge in [0.1, 0.15) is 0 Å². The second kappa shape index (κ2) is 10.7. The van der Waals surface area contributed by atoms with E-state index in [1.807, 2.05) is 17.0 Å². The quantitative estimate of drug-likeness (QED) is 0.662. The first-order valence-electron chi connectivity index (χ1n) is 10.9. The van der Waals surface area contributed by atoms with Gasteiger partial charge in [-0.2, -0.15) is 0 Å². The Morgan fingerprint density at radius 3 is 2.20 bits per heavy atom. The third kappa shape index (κ3) is 5.25. The van der Waals surface area contributed by atoms with Crippen molar-refractivity contribution in [3.8, 4) is 11.5 Å². The molecule has 0 unspecified atom stereocenters. The largest absolute Gasteiger partial charge is 0.493 e. The molecule has 1 fully saturated rings. The van der Waals surface area contributed by atoms with Gasteiger partial charge in [0.15, 0.2) is 11.5 Å². The van der Waals surface area contributed by atoms with Gasteiger partial charge in [0.05, 0.1) is 34.3 Å². The van der Waals surface area contributed by atoms with Crippen molar-refractivity contribution in [1.29, 1.82) is 0 Å². The molecule has 0 N–H and O–H groups in total. The zero-order valence-corrected chi connectivity index (χ0v) is 18.4. The number of carbonyl (C=O) groups excluding carboxylic acids is 2. The molecule has 2 aliphatic rings. The first-order valence-corrected chi connectivity index (χ1v) is 10.9. The third-order valence-electron chi connectivity index (χ3n) is 6.25. The van der Waals surface area contributed by atoms with Crippen LogP contribution in [0.1, 0.15) is 55.7 Å². The van der Waals surface area contributed by atoms with Gasteiger partial charge in [0, 0.05) is 25.7 Å². The first-order chi connectivity index (χ1) is 14.6. The fourth-order valence-electron chi connectivity index (χ4n) is 4.52. The van der Waals surface area contributed by atoms with E-state index in [0.29, 0.717) is 24.6 Å². The molecule has 3 rings (SSSR count). The first kappa shape index (κ1) is 22.4. The summed E-state index contributed by atoms with van der Waals surface area (Å²) in [6.45, 7) is 2.69. The standard InChI is InChI=1S/C23H34N2O5/c1-28-20-13-17-9-12-25(16-22(26)24-10-7-5-4-6-8-11-24)19(15-23(27)30-3)18(17)14-21(20)29-2/h13-14,19H,4-12,15-16H2,1-3H3/t19-/m1/s1. The topological polar surface area (TPSA) is 68.3 Å². The Balaban J connectivity index is 1.83. The minimum Gasteiger partial charge on any atom is -0.493 e. The van der Waals surface area contributed by atoms with Gasteiger partial charge in [-0.1, -0.05) is 19.3 Å². The molecule has 2 heterocycles. The van der Waals surface area contributed by atoms with Crippen molar-refractivity contribution >= 4 is 11.9 Å². The Kier molecular flexibility index (Phi) is 7.96. The van der Waals surface area contributed by atoms with E-state index in [1.54, 1.807) is 14.2 Å². The third-order valence-corrected chi connectivity index (χ3v) is 6.25. The number of nitrogens with zero attached hydrogens (tertiary/aromatic N) is 2. The number of ether oxygens (including phenoxy) is 3. The van der Waals surface area contributed by atoms with Gasteiger partial charge < -0.3 is 19.1 Å². The van der Waals surface area contributed by atoms with Crippen LogP contribution in [0.3, 0.4) is 0 Å². The second-order valence-corrected chi connectivity index (χ2v) is 8.07. The van der Waals surface area contributed by atoms with Crippen LogP contribution in [-0.4, -0.2) is 69.2 Å². The van der Waals surface area contributed by atoms with Crippen molar-refractivity contribution in [3.63, 3.8) is 0 Å². The van der Waals surface area contributed by atoms with Crippen LogP contribution in [0.4, 0.5) is 0 Å². The van der Waals surface area contributed by atoms with Gasteiger partial charge in [-0.3, -0.25) is 14.5 Å². The minimum absolute atomic E-state index is 0.149. The number of amides is 1. The van der Waals surface area contributed by atoms with Crippen LogP contribution >= 0.6 is 0 Å². The number of esters is 1. The molecule has 166 valence electrons. The number of hydrogen-bond donors (Lipinski definition) is 0. The van der Waals surface area contributed by atoms with Gasteiger partial charge >= 0.3 is 5.97 Å². The molecule has 0 aromatic heterocycles. The van der Waals surface area contributed by atoms with Crippen LogP contribution < -0.4 is 9.47 Å². The second-order valence-electron chi connectivity index (χ2n) is 8.07. The van der Waals surface area contributed by atoms with Crippen LogP contribution in [0.2, 0.25) is 0 Å². The van der Waals surface area contributed by atoms with Gasteiger partial charge in [0.25, 0.3) is 0 Å². The fourth-order valence-corrected chi connectivity index (χ4v) is 4.52. The fraction of sp³-hybridized carbons (Fsp3) is 0.652. The molecule has 1 amide bonds. The van der Waals surface area contributed by atoms with Crippen molar-refractivity contribution in [3.05, 3.63) is 23.3 Å². The van der Waals surface area contributed by atoms with E-state index in [0.717, 1.165) is 43.5 Å². The molecule has 0 spiro atoms. The number of benzene rings is 1. The molecule has 0 aliphatic carbocycles. The highest BCUT2D eigenvalue weighted by Gasteiger charge is 2.33. The molecule has 1 aromatic rings. The lowest BCUT2D eigenvalue weighted by molar-refractivity contribution is -0.143. The molecule has 1 saturated heterocycles. The smallest absolute Gasteiger partial charge is 0.307 e. The van der Waals surface area contributed by atoms with E-state index in [-0.39, 0.29) is 24.3 Å². The van der Waals surface area contributed by atoms with Crippen LogP contribution in [0.5, 0.6) is 11.5 Å². The monoisotopic (exact) mass is 418 g/mol. The highest BCUT2D eigenvalue weighted by Crippen LogP contribution is 2.39. The number of rotatable bonds is 6. The summed E-state index contributed by atoms with van der Waals surface area (Å²) in [6, 6.07) is 3.70. The van der Waals surface area contributed by atoms with Crippen molar-refractivity contribution in [2.75, 3.05) is 47.5 Å². The molecule has 30 heavy (non-hydrogen) atoms. The minimum atomic E-state index is -0.286. The zero-order chi connectivity index (χ0) is 21.5. The Labute approximate surface area is 179 Å². The summed E-state index contributed by atoms with van der Waals surface area (Å²) in [5.74, 6) is 1.17. The van der Waals surface area contributed by atoms with E-state index in [9.17, 15) is 9.59 Å². The molecule has 0 saturated carbocycles. The van der Waals surface area contributed by atoms with Crippen LogP contribution in [-0.2, 0) is 20.7 Å². The summed E-state index contributed by atoms with van der Waals surface area (Å²) in [5, 5.41) is 0. The van der Waals surface area contributed by atoms with Crippen molar-refractivity contribution in [2.45, 2.75) is 51.0 Å². The predicted molar refractivity (Wildman–Crippen MR) is 114 cm³/mol. The van der Waals surface area contributed by atoms with Crippen LogP contribution in [0, 0.1) is 0 Å². The van der Waals surface area contributed by atoms with Crippen molar-refractivity contribution < 1.29 is 23.8 Å². The molecule has 7 nitrogen and oxygen atoms in total. The van der Waals surface area contributed by atoms with E-state index >= 15 is 0 Å². The van der Waals surface area contributed by atoms with E-state index in [4.69, 9.17) is 14.2 Å². The molecule has 0 bridgehead atoms.